The number of hydrogen-bond acceptors (Lipinski definition) is 9. The molecule has 9 nitrogen and oxygen atoms in total. The summed E-state index contributed by atoms with van der Waals surface area (Å²) in [6, 6.07) is 4.26. The summed E-state index contributed by atoms with van der Waals surface area (Å²) in [5, 5.41) is 9.96. The van der Waals surface area contributed by atoms with Crippen LogP contribution in [0.4, 0.5) is 0 Å². The molecule has 41 heavy (non-hydrogen) atoms. The van der Waals surface area contributed by atoms with E-state index >= 15 is 0 Å². The number of allylic oxidation sites excluding steroid dienone is 3. The van der Waals surface area contributed by atoms with Gasteiger partial charge in [-0.1, -0.05) is 38.2 Å². The molecular formula is C32H40O9. The first-order valence-electron chi connectivity index (χ1n) is 13.9. The van der Waals surface area contributed by atoms with Gasteiger partial charge >= 0.3 is 17.9 Å². The van der Waals surface area contributed by atoms with Gasteiger partial charge in [0, 0.05) is 19.4 Å². The van der Waals surface area contributed by atoms with Crippen LogP contribution in [0.1, 0.15) is 70.7 Å². The van der Waals surface area contributed by atoms with Crippen LogP contribution in [-0.2, 0) is 28.5 Å². The third-order valence-corrected chi connectivity index (χ3v) is 9.23. The molecule has 0 radical (unpaired) electrons. The lowest BCUT2D eigenvalue weighted by Crippen LogP contribution is -2.57. The minimum atomic E-state index is -1.09. The fourth-order valence-corrected chi connectivity index (χ4v) is 6.82. The van der Waals surface area contributed by atoms with Gasteiger partial charge in [0.2, 0.25) is 12.6 Å². The van der Waals surface area contributed by atoms with Gasteiger partial charge in [0.05, 0.1) is 18.1 Å². The molecule has 1 saturated heterocycles. The molecule has 4 rings (SSSR count). The lowest BCUT2D eigenvalue weighted by atomic mass is 9.46. The summed E-state index contributed by atoms with van der Waals surface area (Å²) < 4.78 is 28.7. The van der Waals surface area contributed by atoms with Crippen molar-refractivity contribution >= 4 is 17.9 Å². The van der Waals surface area contributed by atoms with E-state index in [1.54, 1.807) is 6.08 Å². The Morgan fingerprint density at radius 1 is 1.15 bits per heavy atom. The van der Waals surface area contributed by atoms with Gasteiger partial charge in [-0.05, 0) is 74.1 Å². The average Bonchev–Trinajstić information content (AvgIpc) is 3.20. The van der Waals surface area contributed by atoms with Gasteiger partial charge in [0.25, 0.3) is 0 Å². The van der Waals surface area contributed by atoms with Gasteiger partial charge in [-0.15, -0.1) is 0 Å². The first-order chi connectivity index (χ1) is 19.3. The lowest BCUT2D eigenvalue weighted by molar-refractivity contribution is -0.235. The van der Waals surface area contributed by atoms with Crippen LogP contribution in [0.2, 0.25) is 0 Å². The molecule has 2 aliphatic carbocycles. The molecule has 1 aliphatic heterocycles. The largest absolute Gasteiger partial charge is 0.504 e. The zero-order chi connectivity index (χ0) is 30.1. The minimum absolute atomic E-state index is 0.0905. The third kappa shape index (κ3) is 5.64. The molecule has 1 saturated carbocycles. The predicted molar refractivity (Wildman–Crippen MR) is 150 cm³/mol. The third-order valence-electron chi connectivity index (χ3n) is 9.23. The monoisotopic (exact) mass is 568 g/mol. The Bertz CT molecular complexity index is 1280. The number of phenolic OH excluding ortho intramolecular Hbond substituents is 1. The molecular weight excluding hydrogens is 528 g/mol. The zero-order valence-corrected chi connectivity index (χ0v) is 24.6. The van der Waals surface area contributed by atoms with E-state index in [1.165, 1.54) is 39.2 Å². The Labute approximate surface area is 241 Å². The van der Waals surface area contributed by atoms with E-state index in [-0.39, 0.29) is 34.3 Å². The van der Waals surface area contributed by atoms with Gasteiger partial charge in [0.1, 0.15) is 6.10 Å². The number of ether oxygens (including phenoxy) is 5. The van der Waals surface area contributed by atoms with Gasteiger partial charge in [-0.25, -0.2) is 4.79 Å². The summed E-state index contributed by atoms with van der Waals surface area (Å²) in [4.78, 5) is 37.7. The summed E-state index contributed by atoms with van der Waals surface area (Å²) in [5.74, 6) is -1.46. The number of aromatic hydroxyl groups is 1. The van der Waals surface area contributed by atoms with E-state index in [4.69, 9.17) is 23.7 Å². The second-order valence-corrected chi connectivity index (χ2v) is 11.6. The normalized spacial score (nSPS) is 32.6. The smallest absolute Gasteiger partial charge is 0.338 e. The van der Waals surface area contributed by atoms with Crippen molar-refractivity contribution in [3.05, 3.63) is 59.7 Å². The van der Waals surface area contributed by atoms with Crippen molar-refractivity contribution in [3.8, 4) is 11.5 Å². The summed E-state index contributed by atoms with van der Waals surface area (Å²) in [6.07, 6.45) is 5.68. The summed E-state index contributed by atoms with van der Waals surface area (Å²) in [5.41, 5.74) is 0.829. The van der Waals surface area contributed by atoms with Crippen LogP contribution < -0.4 is 4.74 Å². The van der Waals surface area contributed by atoms with E-state index in [1.807, 2.05) is 13.0 Å². The molecule has 7 atom stereocenters. The Morgan fingerprint density at radius 3 is 2.49 bits per heavy atom. The maximum absolute atomic E-state index is 13.3. The topological polar surface area (TPSA) is 118 Å². The average molecular weight is 569 g/mol. The van der Waals surface area contributed by atoms with Crippen LogP contribution in [-0.4, -0.2) is 48.8 Å². The van der Waals surface area contributed by atoms with Gasteiger partial charge in [0.15, 0.2) is 11.5 Å². The quantitative estimate of drug-likeness (QED) is 0.184. The van der Waals surface area contributed by atoms with E-state index in [0.29, 0.717) is 24.8 Å². The van der Waals surface area contributed by atoms with Crippen LogP contribution in [0, 0.1) is 22.7 Å². The Balaban J connectivity index is 1.81. The molecule has 1 N–H and O–H groups in total. The fourth-order valence-electron chi connectivity index (χ4n) is 6.82. The van der Waals surface area contributed by atoms with Crippen LogP contribution in [0.5, 0.6) is 11.5 Å². The number of benzene rings is 1. The highest BCUT2D eigenvalue weighted by Gasteiger charge is 2.67. The van der Waals surface area contributed by atoms with E-state index in [2.05, 4.69) is 26.5 Å². The van der Waals surface area contributed by atoms with Crippen molar-refractivity contribution < 1.29 is 43.2 Å². The molecule has 0 bridgehead atoms. The molecule has 1 aromatic rings. The van der Waals surface area contributed by atoms with Gasteiger partial charge in [-0.3, -0.25) is 14.3 Å². The predicted octanol–water partition coefficient (Wildman–Crippen LogP) is 5.63. The highest BCUT2D eigenvalue weighted by molar-refractivity contribution is 5.90. The highest BCUT2D eigenvalue weighted by atomic mass is 16.8. The molecule has 0 amide bonds. The van der Waals surface area contributed by atoms with Crippen LogP contribution in [0.3, 0.4) is 0 Å². The molecule has 9 heteroatoms. The van der Waals surface area contributed by atoms with Crippen LogP contribution in [0.15, 0.2) is 54.2 Å². The molecule has 3 aliphatic rings. The summed E-state index contributed by atoms with van der Waals surface area (Å²) in [6.45, 7) is 12.9. The number of rotatable bonds is 8. The van der Waals surface area contributed by atoms with E-state index in [0.717, 1.165) is 12.0 Å². The SMILES string of the molecule is C=C/C(C)=C/C[C@]1(C)[C@H](C)CC[C@@]23C(=C[C@H](OC(=O)c4ccc(O)c(OC)c4)C[C@@H]12)[C@@H](OC(C)=O)O[C@H]3OC(C)=O. The number of hydrogen-bond donors (Lipinski definition) is 1. The Kier molecular flexibility index (Phi) is 8.68. The second-order valence-electron chi connectivity index (χ2n) is 11.6. The number of phenols is 1. The maximum atomic E-state index is 13.3. The molecule has 222 valence electrons. The van der Waals surface area contributed by atoms with E-state index < -0.39 is 42.0 Å². The van der Waals surface area contributed by atoms with Crippen LogP contribution >= 0.6 is 0 Å². The number of carbonyl (C=O) groups is 3. The minimum Gasteiger partial charge on any atom is -0.504 e. The van der Waals surface area contributed by atoms with Crippen molar-refractivity contribution in [1.29, 1.82) is 0 Å². The van der Waals surface area contributed by atoms with Gasteiger partial charge in [-0.2, -0.15) is 0 Å². The maximum Gasteiger partial charge on any atom is 0.338 e. The number of methoxy groups -OCH3 is 1. The summed E-state index contributed by atoms with van der Waals surface area (Å²) >= 11 is 0. The van der Waals surface area contributed by atoms with Crippen molar-refractivity contribution in [2.75, 3.05) is 7.11 Å². The molecule has 2 fully saturated rings. The van der Waals surface area contributed by atoms with Crippen molar-refractivity contribution in [2.24, 2.45) is 22.7 Å². The van der Waals surface area contributed by atoms with E-state index in [9.17, 15) is 19.5 Å². The second kappa shape index (κ2) is 11.7. The van der Waals surface area contributed by atoms with Crippen molar-refractivity contribution in [1.82, 2.24) is 0 Å². The fraction of sp³-hybridized carbons (Fsp3) is 0.531. The van der Waals surface area contributed by atoms with Crippen LogP contribution in [0.25, 0.3) is 0 Å². The molecule has 0 unspecified atom stereocenters. The van der Waals surface area contributed by atoms with Crippen molar-refractivity contribution in [3.63, 3.8) is 0 Å². The zero-order valence-electron chi connectivity index (χ0n) is 24.6. The first-order valence-corrected chi connectivity index (χ1v) is 13.9. The van der Waals surface area contributed by atoms with Gasteiger partial charge < -0.3 is 24.1 Å². The standard InChI is InChI=1S/C32H40O9/c1-8-18(2)11-13-31(6)19(3)12-14-32-24(29(38-20(4)33)41-30(32)39-21(5)34)16-23(17-27(31)32)40-28(36)22-9-10-25(35)26(15-22)37-7/h8-11,15-16,19,23,27,29-30,35H,1,12-14,17H2,2-7H3/b18-11+/t19-,23+,27+,29+,30-,31-,32-/m1/s1. The van der Waals surface area contributed by atoms with Crippen molar-refractivity contribution in [2.45, 2.75) is 79.0 Å². The number of esters is 3. The lowest BCUT2D eigenvalue weighted by Gasteiger charge is -2.58. The molecule has 1 heterocycles. The first kappa shape index (κ1) is 30.4. The Morgan fingerprint density at radius 2 is 1.85 bits per heavy atom. The molecule has 1 spiro atoms. The number of carbonyl (C=O) groups excluding carboxylic acids is 3. The highest BCUT2D eigenvalue weighted by Crippen LogP contribution is 2.67. The summed E-state index contributed by atoms with van der Waals surface area (Å²) in [7, 11) is 1.40. The Hall–Kier alpha value is -3.59. The molecule has 0 aromatic heterocycles. The molecule has 1 aromatic carbocycles.